The fourth-order valence-corrected chi connectivity index (χ4v) is 7.33. The zero-order valence-electron chi connectivity index (χ0n) is 28.7. The summed E-state index contributed by atoms with van der Waals surface area (Å²) in [5, 5.41) is 1.95. The van der Waals surface area contributed by atoms with Gasteiger partial charge in [0.2, 0.25) is 5.89 Å². The molecule has 2 heterocycles. The number of nitrogens with zero attached hydrogens (tertiary/aromatic N) is 2. The highest BCUT2D eigenvalue weighted by molar-refractivity contribution is 6.17. The van der Waals surface area contributed by atoms with Crippen molar-refractivity contribution in [2.75, 3.05) is 4.90 Å². The molecule has 8 aromatic carbocycles. The molecule has 10 rings (SSSR count). The van der Waals surface area contributed by atoms with Crippen molar-refractivity contribution >= 4 is 50.1 Å². The predicted molar refractivity (Wildman–Crippen MR) is 218 cm³/mol. The van der Waals surface area contributed by atoms with Crippen LogP contribution >= 0.6 is 0 Å². The average molecular weight is 681 g/mol. The molecule has 2 aromatic heterocycles. The molecule has 0 N–H and O–H groups in total. The van der Waals surface area contributed by atoms with Crippen molar-refractivity contribution in [1.82, 2.24) is 4.98 Å². The first kappa shape index (κ1) is 30.6. The van der Waals surface area contributed by atoms with Crippen molar-refractivity contribution in [1.29, 1.82) is 0 Å². The number of furan rings is 1. The van der Waals surface area contributed by atoms with Crippen LogP contribution in [0.3, 0.4) is 0 Å². The van der Waals surface area contributed by atoms with Gasteiger partial charge in [0.15, 0.2) is 5.58 Å². The van der Waals surface area contributed by atoms with Crippen molar-refractivity contribution in [3.8, 4) is 44.8 Å². The fourth-order valence-electron chi connectivity index (χ4n) is 7.33. The van der Waals surface area contributed by atoms with Crippen LogP contribution in [0.25, 0.3) is 77.9 Å². The topological polar surface area (TPSA) is 42.4 Å². The third-order valence-corrected chi connectivity index (χ3v) is 9.94. The van der Waals surface area contributed by atoms with Crippen LogP contribution < -0.4 is 4.90 Å². The maximum atomic E-state index is 6.56. The van der Waals surface area contributed by atoms with E-state index in [4.69, 9.17) is 13.8 Å². The molecule has 0 amide bonds. The highest BCUT2D eigenvalue weighted by Gasteiger charge is 2.21. The molecule has 0 unspecified atom stereocenters. The number of rotatable bonds is 7. The minimum absolute atomic E-state index is 0.596. The Morgan fingerprint density at radius 1 is 0.377 bits per heavy atom. The van der Waals surface area contributed by atoms with Crippen molar-refractivity contribution < 1.29 is 8.83 Å². The first-order chi connectivity index (χ1) is 26.3. The lowest BCUT2D eigenvalue weighted by Crippen LogP contribution is -2.11. The van der Waals surface area contributed by atoms with Crippen LogP contribution in [0.1, 0.15) is 0 Å². The summed E-state index contributed by atoms with van der Waals surface area (Å²) in [4.78, 5) is 7.26. The lowest BCUT2D eigenvalue weighted by Gasteiger charge is -2.28. The Bertz CT molecular complexity index is 2860. The zero-order valence-corrected chi connectivity index (χ0v) is 28.7. The quantitative estimate of drug-likeness (QED) is 0.168. The van der Waals surface area contributed by atoms with Crippen LogP contribution in [0.15, 0.2) is 203 Å². The molecule has 0 aliphatic heterocycles. The van der Waals surface area contributed by atoms with Crippen LogP contribution in [-0.2, 0) is 0 Å². The molecule has 53 heavy (non-hydrogen) atoms. The van der Waals surface area contributed by atoms with E-state index in [2.05, 4.69) is 150 Å². The minimum Gasteiger partial charge on any atom is -0.456 e. The van der Waals surface area contributed by atoms with Gasteiger partial charge in [0.1, 0.15) is 16.7 Å². The largest absolute Gasteiger partial charge is 0.456 e. The monoisotopic (exact) mass is 680 g/mol. The Kier molecular flexibility index (Phi) is 7.43. The maximum absolute atomic E-state index is 6.56. The Balaban J connectivity index is 1.09. The van der Waals surface area contributed by atoms with E-state index >= 15 is 0 Å². The van der Waals surface area contributed by atoms with Crippen molar-refractivity contribution in [2.24, 2.45) is 0 Å². The SMILES string of the molecule is c1ccc(-c2ccc(-c3ccc(N(c4ccc5c(c4)oc4ccc6oc(-c7ccccc7)nc6c45)c4ccccc4-c4ccccc4)cc3)cc2)cc1. The molecule has 0 radical (unpaired) electrons. The van der Waals surface area contributed by atoms with Gasteiger partial charge in [-0.15, -0.1) is 0 Å². The summed E-state index contributed by atoms with van der Waals surface area (Å²) in [5.74, 6) is 0.596. The summed E-state index contributed by atoms with van der Waals surface area (Å²) in [7, 11) is 0. The number of oxazole rings is 1. The van der Waals surface area contributed by atoms with Gasteiger partial charge in [-0.25, -0.2) is 4.98 Å². The van der Waals surface area contributed by atoms with Crippen molar-refractivity contribution in [2.45, 2.75) is 0 Å². The van der Waals surface area contributed by atoms with Gasteiger partial charge in [0, 0.05) is 34.0 Å². The molecule has 0 aliphatic carbocycles. The summed E-state index contributed by atoms with van der Waals surface area (Å²) >= 11 is 0. The first-order valence-electron chi connectivity index (χ1n) is 17.8. The molecule has 0 saturated heterocycles. The minimum atomic E-state index is 0.596. The second-order valence-corrected chi connectivity index (χ2v) is 13.2. The number of hydrogen-bond donors (Lipinski definition) is 0. The van der Waals surface area contributed by atoms with E-state index in [0.29, 0.717) is 5.89 Å². The van der Waals surface area contributed by atoms with E-state index in [1.54, 1.807) is 0 Å². The van der Waals surface area contributed by atoms with Crippen LogP contribution in [0.5, 0.6) is 0 Å². The highest BCUT2D eigenvalue weighted by Crippen LogP contribution is 2.44. The summed E-state index contributed by atoms with van der Waals surface area (Å²) in [6.45, 7) is 0. The molecule has 4 nitrogen and oxygen atoms in total. The Morgan fingerprint density at radius 3 is 1.58 bits per heavy atom. The summed E-state index contributed by atoms with van der Waals surface area (Å²) in [6, 6.07) is 67.6. The zero-order chi connectivity index (χ0) is 35.1. The average Bonchev–Trinajstić information content (AvgIpc) is 3.84. The Morgan fingerprint density at radius 2 is 0.906 bits per heavy atom. The number of benzene rings is 8. The van der Waals surface area contributed by atoms with E-state index in [-0.39, 0.29) is 0 Å². The number of aromatic nitrogens is 1. The molecule has 0 spiro atoms. The van der Waals surface area contributed by atoms with Gasteiger partial charge in [-0.1, -0.05) is 133 Å². The third kappa shape index (κ3) is 5.54. The van der Waals surface area contributed by atoms with Crippen molar-refractivity contribution in [3.63, 3.8) is 0 Å². The van der Waals surface area contributed by atoms with Gasteiger partial charge in [-0.05, 0) is 82.4 Å². The van der Waals surface area contributed by atoms with Crippen LogP contribution in [0, 0.1) is 0 Å². The second kappa shape index (κ2) is 12.9. The predicted octanol–water partition coefficient (Wildman–Crippen LogP) is 13.9. The molecule has 10 aromatic rings. The first-order valence-corrected chi connectivity index (χ1v) is 17.8. The summed E-state index contributed by atoms with van der Waals surface area (Å²) < 4.78 is 12.8. The van der Waals surface area contributed by atoms with Crippen molar-refractivity contribution in [3.05, 3.63) is 194 Å². The molecular formula is C49H32N2O2. The van der Waals surface area contributed by atoms with E-state index < -0.39 is 0 Å². The fraction of sp³-hybridized carbons (Fsp3) is 0. The van der Waals surface area contributed by atoms with Gasteiger partial charge in [0.25, 0.3) is 0 Å². The Hall–Kier alpha value is -7.17. The maximum Gasteiger partial charge on any atom is 0.227 e. The molecule has 0 atom stereocenters. The number of para-hydroxylation sites is 1. The van der Waals surface area contributed by atoms with Gasteiger partial charge < -0.3 is 13.7 Å². The second-order valence-electron chi connectivity index (χ2n) is 13.2. The van der Waals surface area contributed by atoms with Gasteiger partial charge in [0.05, 0.1) is 11.1 Å². The molecule has 0 saturated carbocycles. The lowest BCUT2D eigenvalue weighted by atomic mass is 9.99. The molecule has 0 aliphatic rings. The third-order valence-electron chi connectivity index (χ3n) is 9.94. The molecule has 0 fully saturated rings. The molecule has 250 valence electrons. The standard InChI is InChI=1S/C49H32N2O2/c1-4-12-33(13-5-1)34-20-22-35(23-21-34)36-24-26-39(27-25-36)51(43-19-11-10-18-41(43)37-14-6-2-7-15-37)40-28-29-42-46(32-40)52-44-30-31-45-48(47(42)44)50-49(53-45)38-16-8-3-9-17-38/h1-32H. The Labute approximate surface area is 306 Å². The molecule has 0 bridgehead atoms. The van der Waals surface area contributed by atoms with Gasteiger partial charge in [-0.2, -0.15) is 0 Å². The van der Waals surface area contributed by atoms with E-state index in [1.165, 1.54) is 16.7 Å². The van der Waals surface area contributed by atoms with Gasteiger partial charge in [-0.3, -0.25) is 0 Å². The number of anilines is 3. The van der Waals surface area contributed by atoms with E-state index in [9.17, 15) is 0 Å². The number of hydrogen-bond acceptors (Lipinski definition) is 4. The normalized spacial score (nSPS) is 11.4. The smallest absolute Gasteiger partial charge is 0.227 e. The lowest BCUT2D eigenvalue weighted by molar-refractivity contribution is 0.619. The van der Waals surface area contributed by atoms with Crippen LogP contribution in [-0.4, -0.2) is 4.98 Å². The molecular weight excluding hydrogens is 649 g/mol. The highest BCUT2D eigenvalue weighted by atomic mass is 16.4. The molecule has 4 heteroatoms. The van der Waals surface area contributed by atoms with Crippen LogP contribution in [0.2, 0.25) is 0 Å². The summed E-state index contributed by atoms with van der Waals surface area (Å²) in [5.41, 5.74) is 14.2. The van der Waals surface area contributed by atoms with Gasteiger partial charge >= 0.3 is 0 Å². The van der Waals surface area contributed by atoms with Crippen LogP contribution in [0.4, 0.5) is 17.1 Å². The summed E-state index contributed by atoms with van der Waals surface area (Å²) in [6.07, 6.45) is 0. The number of fused-ring (bicyclic) bond motifs is 5. The van der Waals surface area contributed by atoms with E-state index in [0.717, 1.165) is 72.4 Å². The van der Waals surface area contributed by atoms with E-state index in [1.807, 2.05) is 48.5 Å².